The Morgan fingerprint density at radius 3 is 2.40 bits per heavy atom. The molecule has 3 nitrogen and oxygen atoms in total. The van der Waals surface area contributed by atoms with Gasteiger partial charge in [0.25, 0.3) is 0 Å². The second-order valence-electron chi connectivity index (χ2n) is 4.25. The van der Waals surface area contributed by atoms with Gasteiger partial charge >= 0.3 is 5.97 Å². The van der Waals surface area contributed by atoms with Crippen LogP contribution in [0.4, 0.5) is 0 Å². The van der Waals surface area contributed by atoms with Crippen LogP contribution >= 0.6 is 0 Å². The maximum absolute atomic E-state index is 11.1. The number of unbranched alkanes of at least 4 members (excludes halogenated alkanes) is 2. The van der Waals surface area contributed by atoms with Crippen molar-refractivity contribution in [2.24, 2.45) is 0 Å². The fourth-order valence-electron chi connectivity index (χ4n) is 1.16. The van der Waals surface area contributed by atoms with Crippen molar-refractivity contribution in [1.29, 1.82) is 0 Å². The van der Waals surface area contributed by atoms with E-state index < -0.39 is 0 Å². The van der Waals surface area contributed by atoms with Crippen molar-refractivity contribution in [2.75, 3.05) is 27.2 Å². The van der Waals surface area contributed by atoms with Gasteiger partial charge in [-0.15, -0.1) is 0 Å². The van der Waals surface area contributed by atoms with Crippen molar-refractivity contribution in [3.8, 4) is 0 Å². The zero-order valence-electron chi connectivity index (χ0n) is 10.4. The molecule has 0 aliphatic carbocycles. The molecule has 0 rings (SSSR count). The summed E-state index contributed by atoms with van der Waals surface area (Å²) in [6.07, 6.45) is 4.75. The third-order valence-electron chi connectivity index (χ3n) is 1.90. The zero-order valence-corrected chi connectivity index (χ0v) is 10.4. The molecule has 0 unspecified atom stereocenters. The maximum Gasteiger partial charge on any atom is 0.330 e. The standard InChI is InChI=1S/C12H23NO2/c1-11(2)10-12(14)15-9-7-5-6-8-13(3)4/h10H,5-9H2,1-4H3. The number of esters is 1. The molecule has 0 spiro atoms. The van der Waals surface area contributed by atoms with Crippen LogP contribution in [0.25, 0.3) is 0 Å². The topological polar surface area (TPSA) is 29.5 Å². The van der Waals surface area contributed by atoms with E-state index in [2.05, 4.69) is 19.0 Å². The molecule has 88 valence electrons. The highest BCUT2D eigenvalue weighted by atomic mass is 16.5. The van der Waals surface area contributed by atoms with Crippen LogP contribution in [0.5, 0.6) is 0 Å². The normalized spacial score (nSPS) is 10.2. The molecule has 0 fully saturated rings. The summed E-state index contributed by atoms with van der Waals surface area (Å²) < 4.78 is 5.03. The van der Waals surface area contributed by atoms with Gasteiger partial charge in [0.15, 0.2) is 0 Å². The van der Waals surface area contributed by atoms with Crippen LogP contribution in [0.1, 0.15) is 33.1 Å². The summed E-state index contributed by atoms with van der Waals surface area (Å²) in [5, 5.41) is 0. The lowest BCUT2D eigenvalue weighted by Crippen LogP contribution is -2.13. The second-order valence-corrected chi connectivity index (χ2v) is 4.25. The minimum absolute atomic E-state index is 0.220. The van der Waals surface area contributed by atoms with Crippen molar-refractivity contribution < 1.29 is 9.53 Å². The molecule has 0 N–H and O–H groups in total. The zero-order chi connectivity index (χ0) is 11.7. The number of hydrogen-bond acceptors (Lipinski definition) is 3. The van der Waals surface area contributed by atoms with Gasteiger partial charge < -0.3 is 9.64 Å². The van der Waals surface area contributed by atoms with Gasteiger partial charge in [0.2, 0.25) is 0 Å². The summed E-state index contributed by atoms with van der Waals surface area (Å²) in [5.41, 5.74) is 0.979. The highest BCUT2D eigenvalue weighted by molar-refractivity contribution is 5.82. The number of rotatable bonds is 7. The first-order valence-corrected chi connectivity index (χ1v) is 5.48. The minimum atomic E-state index is -0.220. The first-order chi connectivity index (χ1) is 7.02. The molecule has 0 aromatic heterocycles. The molecule has 0 aliphatic rings. The number of nitrogens with zero attached hydrogens (tertiary/aromatic N) is 1. The van der Waals surface area contributed by atoms with Crippen molar-refractivity contribution >= 4 is 5.97 Å². The quantitative estimate of drug-likeness (QED) is 0.369. The van der Waals surface area contributed by atoms with Gasteiger partial charge in [-0.05, 0) is 53.8 Å². The predicted octanol–water partition coefficient (Wildman–Crippen LogP) is 2.23. The van der Waals surface area contributed by atoms with Crippen LogP contribution in [0.15, 0.2) is 11.6 Å². The smallest absolute Gasteiger partial charge is 0.330 e. The molecule has 0 aliphatic heterocycles. The Morgan fingerprint density at radius 1 is 1.20 bits per heavy atom. The van der Waals surface area contributed by atoms with Gasteiger partial charge in [-0.1, -0.05) is 5.57 Å². The van der Waals surface area contributed by atoms with Gasteiger partial charge in [0.1, 0.15) is 0 Å². The van der Waals surface area contributed by atoms with Gasteiger partial charge in [0, 0.05) is 6.08 Å². The Hall–Kier alpha value is -0.830. The average molecular weight is 213 g/mol. The molecule has 0 amide bonds. The van der Waals surface area contributed by atoms with Crippen molar-refractivity contribution in [2.45, 2.75) is 33.1 Å². The van der Waals surface area contributed by atoms with Crippen LogP contribution in [0, 0.1) is 0 Å². The van der Waals surface area contributed by atoms with E-state index in [4.69, 9.17) is 4.74 Å². The SMILES string of the molecule is CC(C)=CC(=O)OCCCCCN(C)C. The highest BCUT2D eigenvalue weighted by Gasteiger charge is 1.97. The highest BCUT2D eigenvalue weighted by Crippen LogP contribution is 1.98. The lowest BCUT2D eigenvalue weighted by Gasteiger charge is -2.08. The maximum atomic E-state index is 11.1. The van der Waals surface area contributed by atoms with Crippen molar-refractivity contribution in [3.05, 3.63) is 11.6 Å². The summed E-state index contributed by atoms with van der Waals surface area (Å²) in [6.45, 7) is 5.41. The Labute approximate surface area is 93.1 Å². The van der Waals surface area contributed by atoms with Gasteiger partial charge in [0.05, 0.1) is 6.61 Å². The molecule has 0 heterocycles. The Kier molecular flexibility index (Phi) is 8.01. The fourth-order valence-corrected chi connectivity index (χ4v) is 1.16. The third kappa shape index (κ3) is 11.1. The minimum Gasteiger partial charge on any atom is -0.463 e. The summed E-state index contributed by atoms with van der Waals surface area (Å²) in [6, 6.07) is 0. The first-order valence-electron chi connectivity index (χ1n) is 5.48. The molecule has 0 saturated carbocycles. The molecule has 0 bridgehead atoms. The summed E-state index contributed by atoms with van der Waals surface area (Å²) >= 11 is 0. The van der Waals surface area contributed by atoms with E-state index in [9.17, 15) is 4.79 Å². The van der Waals surface area contributed by atoms with E-state index in [0.717, 1.165) is 31.4 Å². The molecular formula is C12H23NO2. The monoisotopic (exact) mass is 213 g/mol. The van der Waals surface area contributed by atoms with E-state index in [0.29, 0.717) is 6.61 Å². The molecular weight excluding hydrogens is 190 g/mol. The first kappa shape index (κ1) is 14.2. The van der Waals surface area contributed by atoms with Crippen LogP contribution < -0.4 is 0 Å². The van der Waals surface area contributed by atoms with Crippen LogP contribution in [0.3, 0.4) is 0 Å². The molecule has 0 atom stereocenters. The average Bonchev–Trinajstić information content (AvgIpc) is 2.09. The number of carbonyl (C=O) groups is 1. The third-order valence-corrected chi connectivity index (χ3v) is 1.90. The largest absolute Gasteiger partial charge is 0.463 e. The fraction of sp³-hybridized carbons (Fsp3) is 0.750. The molecule has 15 heavy (non-hydrogen) atoms. The van der Waals surface area contributed by atoms with Crippen molar-refractivity contribution in [3.63, 3.8) is 0 Å². The van der Waals surface area contributed by atoms with E-state index >= 15 is 0 Å². The summed E-state index contributed by atoms with van der Waals surface area (Å²) in [5.74, 6) is -0.220. The lowest BCUT2D eigenvalue weighted by molar-refractivity contribution is -0.137. The van der Waals surface area contributed by atoms with E-state index in [1.165, 1.54) is 6.08 Å². The molecule has 0 saturated heterocycles. The molecule has 0 aromatic rings. The Balaban J connectivity index is 3.32. The van der Waals surface area contributed by atoms with Gasteiger partial charge in [-0.3, -0.25) is 0 Å². The number of ether oxygens (including phenoxy) is 1. The predicted molar refractivity (Wildman–Crippen MR) is 62.8 cm³/mol. The molecule has 0 radical (unpaired) electrons. The number of hydrogen-bond donors (Lipinski definition) is 0. The van der Waals surface area contributed by atoms with E-state index in [-0.39, 0.29) is 5.97 Å². The van der Waals surface area contributed by atoms with Gasteiger partial charge in [-0.2, -0.15) is 0 Å². The Bertz CT molecular complexity index is 206. The van der Waals surface area contributed by atoms with E-state index in [1.807, 2.05) is 13.8 Å². The van der Waals surface area contributed by atoms with Crippen LogP contribution in [-0.4, -0.2) is 38.1 Å². The Morgan fingerprint density at radius 2 is 1.87 bits per heavy atom. The van der Waals surface area contributed by atoms with E-state index in [1.54, 1.807) is 0 Å². The van der Waals surface area contributed by atoms with Crippen molar-refractivity contribution in [1.82, 2.24) is 4.90 Å². The number of carbonyl (C=O) groups excluding carboxylic acids is 1. The number of allylic oxidation sites excluding steroid dienone is 1. The van der Waals surface area contributed by atoms with Crippen LogP contribution in [0.2, 0.25) is 0 Å². The lowest BCUT2D eigenvalue weighted by atomic mass is 10.2. The molecule has 3 heteroatoms. The summed E-state index contributed by atoms with van der Waals surface area (Å²) in [4.78, 5) is 13.2. The summed E-state index contributed by atoms with van der Waals surface area (Å²) in [7, 11) is 4.13. The van der Waals surface area contributed by atoms with Gasteiger partial charge in [-0.25, -0.2) is 4.79 Å². The molecule has 0 aromatic carbocycles. The van der Waals surface area contributed by atoms with Crippen LogP contribution in [-0.2, 0) is 9.53 Å². The second kappa shape index (κ2) is 8.48.